The van der Waals surface area contributed by atoms with Gasteiger partial charge in [0.1, 0.15) is 23.8 Å². The highest BCUT2D eigenvalue weighted by molar-refractivity contribution is 6.02. The third-order valence-corrected chi connectivity index (χ3v) is 12.2. The minimum absolute atomic E-state index is 0.0868. The van der Waals surface area contributed by atoms with Crippen molar-refractivity contribution in [1.82, 2.24) is 40.2 Å². The van der Waals surface area contributed by atoms with E-state index in [2.05, 4.69) is 30.8 Å². The number of benzene rings is 2. The van der Waals surface area contributed by atoms with Gasteiger partial charge in [0, 0.05) is 64.9 Å². The van der Waals surface area contributed by atoms with E-state index in [0.717, 1.165) is 0 Å². The number of nitrogens with one attached hydrogen (secondary N) is 2. The SMILES string of the molecule is CO[C@@H]1CN(c2ccn(-c3cc(-c4c(F)cccc4C#N)nc4c3C(=O)NC4)n2)CC[C@H]1O.CO[C@@H]1CN(c2ccn(-c3cc(-c4c(F)cccc4C#N)nc4c3C(=O)NC4)n2)CC[C@H]1O. The molecular weight excluding hydrogens is 855 g/mol. The third kappa shape index (κ3) is 8.07. The highest BCUT2D eigenvalue weighted by Gasteiger charge is 2.33. The Morgan fingerprint density at radius 3 is 1.48 bits per heavy atom. The number of methoxy groups -OCH3 is 2. The van der Waals surface area contributed by atoms with Crippen LogP contribution in [0, 0.1) is 34.3 Å². The summed E-state index contributed by atoms with van der Waals surface area (Å²) in [6.45, 7) is 2.60. The summed E-state index contributed by atoms with van der Waals surface area (Å²) in [5.41, 5.74) is 3.57. The third-order valence-electron chi connectivity index (χ3n) is 12.2. The molecule has 4 aliphatic heterocycles. The molecule has 66 heavy (non-hydrogen) atoms. The fraction of sp³-hybridized carbons (Fsp3) is 0.304. The van der Waals surface area contributed by atoms with Crippen molar-refractivity contribution in [2.75, 3.05) is 50.2 Å². The lowest BCUT2D eigenvalue weighted by Crippen LogP contribution is -2.47. The molecule has 0 bridgehead atoms. The number of halogens is 2. The number of nitrogens with zero attached hydrogens (tertiary/aromatic N) is 10. The van der Waals surface area contributed by atoms with Gasteiger partial charge in [0.05, 0.1) is 105 Å². The number of carbonyl (C=O) groups excluding carboxylic acids is 2. The van der Waals surface area contributed by atoms with Gasteiger partial charge in [-0.3, -0.25) is 9.59 Å². The van der Waals surface area contributed by atoms with E-state index in [4.69, 9.17) is 9.47 Å². The number of fused-ring (bicyclic) bond motifs is 2. The van der Waals surface area contributed by atoms with Gasteiger partial charge in [0.25, 0.3) is 11.8 Å². The Morgan fingerprint density at radius 2 is 1.09 bits per heavy atom. The Kier molecular flexibility index (Phi) is 12.0. The van der Waals surface area contributed by atoms with E-state index in [1.165, 1.54) is 36.4 Å². The van der Waals surface area contributed by atoms with Crippen LogP contribution in [0.2, 0.25) is 0 Å². The van der Waals surface area contributed by atoms with Crippen LogP contribution in [0.3, 0.4) is 0 Å². The molecule has 2 amide bonds. The fourth-order valence-corrected chi connectivity index (χ4v) is 8.72. The number of rotatable bonds is 8. The largest absolute Gasteiger partial charge is 0.390 e. The molecule has 8 heterocycles. The first-order valence-electron chi connectivity index (χ1n) is 21.1. The first-order chi connectivity index (χ1) is 32.0. The normalized spacial score (nSPS) is 19.8. The molecule has 4 aromatic heterocycles. The van der Waals surface area contributed by atoms with Gasteiger partial charge in [-0.15, -0.1) is 0 Å². The van der Waals surface area contributed by atoms with Crippen LogP contribution in [-0.2, 0) is 22.6 Å². The summed E-state index contributed by atoms with van der Waals surface area (Å²) in [6.07, 6.45) is 2.84. The molecule has 0 aliphatic carbocycles. The lowest BCUT2D eigenvalue weighted by molar-refractivity contribution is -0.0207. The molecule has 336 valence electrons. The van der Waals surface area contributed by atoms with E-state index in [1.807, 2.05) is 34.1 Å². The number of aliphatic hydroxyl groups excluding tert-OH is 2. The first-order valence-corrected chi connectivity index (χ1v) is 21.1. The average Bonchev–Trinajstić information content (AvgIpc) is 4.17. The van der Waals surface area contributed by atoms with Crippen LogP contribution in [-0.4, -0.2) is 116 Å². The van der Waals surface area contributed by atoms with Crippen LogP contribution in [0.25, 0.3) is 33.9 Å². The molecule has 0 saturated carbocycles. The maximum absolute atomic E-state index is 14.7. The molecular formula is C46H42F2N12O6. The number of nitriles is 2. The maximum Gasteiger partial charge on any atom is 0.255 e. The minimum atomic E-state index is -0.566. The van der Waals surface area contributed by atoms with Gasteiger partial charge in [-0.2, -0.15) is 20.7 Å². The monoisotopic (exact) mass is 896 g/mol. The summed E-state index contributed by atoms with van der Waals surface area (Å²) in [7, 11) is 3.13. The molecule has 20 heteroatoms. The van der Waals surface area contributed by atoms with Crippen molar-refractivity contribution in [2.24, 2.45) is 0 Å². The number of amides is 2. The predicted molar refractivity (Wildman–Crippen MR) is 233 cm³/mol. The van der Waals surface area contributed by atoms with Crippen molar-refractivity contribution in [3.05, 3.63) is 118 Å². The standard InChI is InChI=1S/2C23H21FN6O3/c2*1-33-19-12-29(7-5-18(19)31)20-6-8-30(28-20)17-9-15(27-16-11-26-23(32)22(16)17)21-13(10-25)3-2-4-14(21)24/h2*2-4,6,8-9,18-19,31H,5,7,11-12H2,1H3,(H,26,32)/t2*18-,19-/m11/s1. The Labute approximate surface area is 376 Å². The van der Waals surface area contributed by atoms with E-state index in [-0.39, 0.29) is 70.8 Å². The fourth-order valence-electron chi connectivity index (χ4n) is 8.72. The van der Waals surface area contributed by atoms with Crippen LogP contribution < -0.4 is 20.4 Å². The second kappa shape index (κ2) is 18.1. The highest BCUT2D eigenvalue weighted by Crippen LogP contribution is 2.34. The number of hydrogen-bond acceptors (Lipinski definition) is 14. The Hall–Kier alpha value is -7.62. The van der Waals surface area contributed by atoms with Gasteiger partial charge in [-0.1, -0.05) is 12.1 Å². The summed E-state index contributed by atoms with van der Waals surface area (Å²) in [6, 6.07) is 19.3. The number of piperidine rings is 2. The van der Waals surface area contributed by atoms with Crippen molar-refractivity contribution in [1.29, 1.82) is 10.5 Å². The number of aliphatic hydroxyl groups is 2. The Morgan fingerprint density at radius 1 is 0.667 bits per heavy atom. The van der Waals surface area contributed by atoms with Crippen LogP contribution in [0.15, 0.2) is 73.1 Å². The first kappa shape index (κ1) is 43.6. The van der Waals surface area contributed by atoms with Crippen molar-refractivity contribution >= 4 is 23.5 Å². The number of pyridine rings is 2. The quantitative estimate of drug-likeness (QED) is 0.171. The molecule has 0 radical (unpaired) electrons. The average molecular weight is 897 g/mol. The maximum atomic E-state index is 14.7. The van der Waals surface area contributed by atoms with E-state index >= 15 is 0 Å². The van der Waals surface area contributed by atoms with E-state index < -0.39 is 23.8 Å². The lowest BCUT2D eigenvalue weighted by atomic mass is 10.0. The smallest absolute Gasteiger partial charge is 0.255 e. The second-order valence-corrected chi connectivity index (χ2v) is 16.0. The Balaban J connectivity index is 0.000000166. The molecule has 4 N–H and O–H groups in total. The molecule has 2 fully saturated rings. The van der Waals surface area contributed by atoms with Gasteiger partial charge >= 0.3 is 0 Å². The molecule has 0 unspecified atom stereocenters. The molecule has 0 spiro atoms. The molecule has 2 aromatic carbocycles. The Bertz CT molecular complexity index is 2760. The number of anilines is 2. The topological polar surface area (TPSA) is 233 Å². The summed E-state index contributed by atoms with van der Waals surface area (Å²) in [4.78, 5) is 38.1. The van der Waals surface area contributed by atoms with Gasteiger partial charge in [-0.25, -0.2) is 28.1 Å². The molecule has 4 atom stereocenters. The van der Waals surface area contributed by atoms with Gasteiger partial charge < -0.3 is 40.1 Å². The highest BCUT2D eigenvalue weighted by atomic mass is 19.1. The van der Waals surface area contributed by atoms with Crippen molar-refractivity contribution in [2.45, 2.75) is 50.3 Å². The van der Waals surface area contributed by atoms with Crippen LogP contribution >= 0.6 is 0 Å². The van der Waals surface area contributed by atoms with Gasteiger partial charge in [0.15, 0.2) is 11.6 Å². The van der Waals surface area contributed by atoms with Crippen molar-refractivity contribution in [3.63, 3.8) is 0 Å². The van der Waals surface area contributed by atoms with E-state index in [0.29, 0.717) is 84.5 Å². The van der Waals surface area contributed by atoms with Crippen LogP contribution in [0.4, 0.5) is 20.4 Å². The molecule has 4 aliphatic rings. The molecule has 10 rings (SSSR count). The summed E-state index contributed by atoms with van der Waals surface area (Å²) >= 11 is 0. The van der Waals surface area contributed by atoms with Crippen molar-refractivity contribution < 1.29 is 38.1 Å². The summed E-state index contributed by atoms with van der Waals surface area (Å²) in [5.74, 6) is -0.376. The van der Waals surface area contributed by atoms with E-state index in [1.54, 1.807) is 48.1 Å². The number of carbonyl (C=O) groups is 2. The molecule has 6 aromatic rings. The summed E-state index contributed by atoms with van der Waals surface area (Å²) < 4.78 is 43.3. The lowest BCUT2D eigenvalue weighted by Gasteiger charge is -2.35. The van der Waals surface area contributed by atoms with E-state index in [9.17, 15) is 39.1 Å². The zero-order valence-electron chi connectivity index (χ0n) is 35.6. The summed E-state index contributed by atoms with van der Waals surface area (Å²) in [5, 5.41) is 53.9. The molecule has 2 saturated heterocycles. The van der Waals surface area contributed by atoms with Crippen LogP contribution in [0.1, 0.15) is 56.1 Å². The van der Waals surface area contributed by atoms with Gasteiger partial charge in [0.2, 0.25) is 0 Å². The number of ether oxygens (including phenoxy) is 2. The zero-order valence-corrected chi connectivity index (χ0v) is 35.6. The predicted octanol–water partition coefficient (Wildman–Crippen LogP) is 3.55. The number of aromatic nitrogens is 6. The van der Waals surface area contributed by atoms with Gasteiger partial charge in [-0.05, 0) is 49.2 Å². The molecule has 18 nitrogen and oxygen atoms in total. The second-order valence-electron chi connectivity index (χ2n) is 16.0. The minimum Gasteiger partial charge on any atom is -0.390 e. The zero-order chi connectivity index (χ0) is 46.2. The number of hydrogen-bond donors (Lipinski definition) is 4. The van der Waals surface area contributed by atoms with Crippen molar-refractivity contribution in [3.8, 4) is 46.0 Å². The van der Waals surface area contributed by atoms with Crippen LogP contribution in [0.5, 0.6) is 0 Å².